The van der Waals surface area contributed by atoms with Crippen LogP contribution in [-0.4, -0.2) is 39.7 Å². The van der Waals surface area contributed by atoms with E-state index in [2.05, 4.69) is 46.2 Å². The maximum atomic E-state index is 13.3. The lowest BCUT2D eigenvalue weighted by Gasteiger charge is -2.08. The molecule has 3 rings (SSSR count). The van der Waals surface area contributed by atoms with Crippen molar-refractivity contribution in [1.82, 2.24) is 19.8 Å². The van der Waals surface area contributed by atoms with Crippen LogP contribution in [-0.2, 0) is 0 Å². The van der Waals surface area contributed by atoms with Crippen molar-refractivity contribution < 1.29 is 14.2 Å². The number of amidine groups is 1. The van der Waals surface area contributed by atoms with E-state index >= 15 is 0 Å². The van der Waals surface area contributed by atoms with E-state index in [1.807, 2.05) is 0 Å². The number of nitrogens with one attached hydrogen (secondary N) is 3. The normalized spacial score (nSPS) is 18.1. The van der Waals surface area contributed by atoms with Gasteiger partial charge in [-0.25, -0.2) is 18.5 Å². The summed E-state index contributed by atoms with van der Waals surface area (Å²) in [6.45, 7) is 0.834. The maximum absolute atomic E-state index is 13.3. The fourth-order valence-corrected chi connectivity index (χ4v) is 3.95. The van der Waals surface area contributed by atoms with Crippen LogP contribution in [0.4, 0.5) is 10.1 Å². The molecule has 2 aromatic rings. The van der Waals surface area contributed by atoms with Crippen LogP contribution in [0.1, 0.15) is 5.69 Å². The topological polar surface area (TPSA) is 108 Å². The van der Waals surface area contributed by atoms with Gasteiger partial charge in [0.25, 0.3) is 0 Å². The van der Waals surface area contributed by atoms with E-state index in [9.17, 15) is 9.60 Å². The first-order chi connectivity index (χ1) is 11.7. The first-order valence-electron chi connectivity index (χ1n) is 6.71. The summed E-state index contributed by atoms with van der Waals surface area (Å²) in [5.74, 6) is 0.407. The molecular weight excluding hydrogens is 423 g/mol. The van der Waals surface area contributed by atoms with Gasteiger partial charge >= 0.3 is 0 Å². The zero-order chi connectivity index (χ0) is 16.9. The molecule has 1 aromatic carbocycles. The average molecular weight is 435 g/mol. The van der Waals surface area contributed by atoms with E-state index < -0.39 is 5.82 Å². The molecule has 128 valence electrons. The van der Waals surface area contributed by atoms with Crippen molar-refractivity contribution in [2.75, 3.05) is 17.6 Å². The van der Waals surface area contributed by atoms with Crippen LogP contribution in [0.15, 0.2) is 37.5 Å². The predicted molar refractivity (Wildman–Crippen MR) is 93.6 cm³/mol. The molecule has 0 bridgehead atoms. The summed E-state index contributed by atoms with van der Waals surface area (Å²) < 4.78 is 24.7. The molecule has 0 radical (unpaired) electrons. The van der Waals surface area contributed by atoms with E-state index in [0.29, 0.717) is 10.7 Å². The molecule has 1 unspecified atom stereocenters. The van der Waals surface area contributed by atoms with E-state index in [1.165, 1.54) is 42.1 Å². The number of oxime groups is 1. The van der Waals surface area contributed by atoms with E-state index in [0.717, 1.165) is 12.3 Å². The van der Waals surface area contributed by atoms with Gasteiger partial charge in [0, 0.05) is 36.2 Å². The molecule has 1 aliphatic rings. The summed E-state index contributed by atoms with van der Waals surface area (Å²) in [7, 11) is 0. The number of anilines is 1. The summed E-state index contributed by atoms with van der Waals surface area (Å²) in [5.41, 5.74) is 0.801. The number of halogens is 2. The lowest BCUT2D eigenvalue weighted by atomic mass is 10.3. The van der Waals surface area contributed by atoms with Crippen LogP contribution < -0.4 is 14.8 Å². The smallest absolute Gasteiger partial charge is 0.202 e. The average Bonchev–Trinajstić information content (AvgIpc) is 3.25. The monoisotopic (exact) mass is 434 g/mol. The van der Waals surface area contributed by atoms with Gasteiger partial charge in [-0.3, -0.25) is 0 Å². The Kier molecular flexibility index (Phi) is 5.94. The quantitative estimate of drug-likeness (QED) is 0.141. The third-order valence-electron chi connectivity index (χ3n) is 3.01. The predicted octanol–water partition coefficient (Wildman–Crippen LogP) is 2.44. The lowest BCUT2D eigenvalue weighted by molar-refractivity contribution is 0.297. The molecule has 0 amide bonds. The standard InChI is InChI=1S/C12H12BrFN6O2S2/c13-8-3-6(1-2-9(8)14)16-11(17-21)10-12(19-22-18-10)23-5-7-4-15-24-20-7/h1-3,7,15,20-21H,4-5H2,(H,16,17). The van der Waals surface area contributed by atoms with E-state index in [1.54, 1.807) is 0 Å². The molecule has 1 saturated heterocycles. The van der Waals surface area contributed by atoms with Crippen molar-refractivity contribution in [1.29, 1.82) is 0 Å². The van der Waals surface area contributed by atoms with Gasteiger partial charge in [0.1, 0.15) is 5.82 Å². The van der Waals surface area contributed by atoms with Crippen molar-refractivity contribution in [2.45, 2.75) is 11.1 Å². The maximum Gasteiger partial charge on any atom is 0.202 e. The van der Waals surface area contributed by atoms with Gasteiger partial charge in [-0.15, -0.1) is 0 Å². The van der Waals surface area contributed by atoms with Crippen molar-refractivity contribution in [3.63, 3.8) is 0 Å². The fraction of sp³-hybridized carbons (Fsp3) is 0.250. The molecule has 2 heterocycles. The Labute approximate surface area is 153 Å². The molecule has 1 aliphatic heterocycles. The molecule has 24 heavy (non-hydrogen) atoms. The SMILES string of the molecule is O/N=C(\Nc1ccc(F)c(Br)c1)c1nonc1SCC1CNSN1. The molecular formula is C12H12BrFN6O2S2. The third-order valence-corrected chi connectivity index (χ3v) is 5.49. The molecule has 1 aromatic heterocycles. The Morgan fingerprint density at radius 3 is 3.17 bits per heavy atom. The first-order valence-corrected chi connectivity index (χ1v) is 9.31. The summed E-state index contributed by atoms with van der Waals surface area (Å²) in [5, 5.41) is 23.5. The molecule has 4 N–H and O–H groups in total. The number of thioether (sulfide) groups is 1. The van der Waals surface area contributed by atoms with Gasteiger partial charge in [-0.1, -0.05) is 16.9 Å². The Hall–Kier alpha value is -1.34. The van der Waals surface area contributed by atoms with Gasteiger partial charge < -0.3 is 10.5 Å². The first kappa shape index (κ1) is 17.5. The number of aromatic nitrogens is 2. The minimum atomic E-state index is -0.391. The highest BCUT2D eigenvalue weighted by atomic mass is 79.9. The van der Waals surface area contributed by atoms with Crippen LogP contribution in [0.2, 0.25) is 0 Å². The van der Waals surface area contributed by atoms with Crippen molar-refractivity contribution in [2.24, 2.45) is 5.16 Å². The van der Waals surface area contributed by atoms with Crippen LogP contribution in [0, 0.1) is 5.82 Å². The van der Waals surface area contributed by atoms with E-state index in [-0.39, 0.29) is 22.0 Å². The fourth-order valence-electron chi connectivity index (χ4n) is 1.84. The van der Waals surface area contributed by atoms with Crippen LogP contribution >= 0.6 is 39.8 Å². The second kappa shape index (κ2) is 8.16. The molecule has 0 aliphatic carbocycles. The van der Waals surface area contributed by atoms with Crippen LogP contribution in [0.25, 0.3) is 0 Å². The Morgan fingerprint density at radius 2 is 2.46 bits per heavy atom. The molecule has 1 fully saturated rings. The number of rotatable bonds is 5. The van der Waals surface area contributed by atoms with Crippen molar-refractivity contribution >= 4 is 51.3 Å². The van der Waals surface area contributed by atoms with Gasteiger partial charge in [0.2, 0.25) is 5.84 Å². The summed E-state index contributed by atoms with van der Waals surface area (Å²) in [6, 6.07) is 4.59. The highest BCUT2D eigenvalue weighted by molar-refractivity contribution is 9.10. The molecule has 1 atom stereocenters. The summed E-state index contributed by atoms with van der Waals surface area (Å²) in [6.07, 6.45) is 0. The largest absolute Gasteiger partial charge is 0.409 e. The van der Waals surface area contributed by atoms with Crippen LogP contribution in [0.3, 0.4) is 0 Å². The molecule has 8 nitrogen and oxygen atoms in total. The molecule has 0 saturated carbocycles. The number of hydrogen-bond donors (Lipinski definition) is 4. The van der Waals surface area contributed by atoms with Gasteiger partial charge in [0.15, 0.2) is 10.7 Å². The van der Waals surface area contributed by atoms with E-state index in [4.69, 9.17) is 4.63 Å². The lowest BCUT2D eigenvalue weighted by Crippen LogP contribution is -2.24. The molecule has 0 spiro atoms. The third kappa shape index (κ3) is 4.19. The number of hydrogen-bond acceptors (Lipinski definition) is 9. The number of benzene rings is 1. The zero-order valence-corrected chi connectivity index (χ0v) is 15.2. The van der Waals surface area contributed by atoms with Gasteiger partial charge in [-0.2, -0.15) is 0 Å². The zero-order valence-electron chi connectivity index (χ0n) is 12.0. The highest BCUT2D eigenvalue weighted by Gasteiger charge is 2.21. The van der Waals surface area contributed by atoms with Crippen molar-refractivity contribution in [3.8, 4) is 0 Å². The Balaban J connectivity index is 1.71. The minimum absolute atomic E-state index is 0.0594. The van der Waals surface area contributed by atoms with Crippen molar-refractivity contribution in [3.05, 3.63) is 34.2 Å². The second-order valence-electron chi connectivity index (χ2n) is 4.70. The molecule has 12 heteroatoms. The second-order valence-corrected chi connectivity index (χ2v) is 7.29. The van der Waals surface area contributed by atoms with Crippen LogP contribution in [0.5, 0.6) is 0 Å². The van der Waals surface area contributed by atoms with Gasteiger partial charge in [0.05, 0.1) is 4.47 Å². The highest BCUT2D eigenvalue weighted by Crippen LogP contribution is 2.24. The number of nitrogens with zero attached hydrogens (tertiary/aromatic N) is 3. The Bertz CT molecular complexity index is 740. The Morgan fingerprint density at radius 1 is 1.58 bits per heavy atom. The minimum Gasteiger partial charge on any atom is -0.409 e. The summed E-state index contributed by atoms with van der Waals surface area (Å²) >= 11 is 5.98. The van der Waals surface area contributed by atoms with Gasteiger partial charge in [-0.05, 0) is 44.4 Å². The summed E-state index contributed by atoms with van der Waals surface area (Å²) in [4.78, 5) is 0.